The van der Waals surface area contributed by atoms with Crippen molar-refractivity contribution >= 4 is 17.7 Å². The van der Waals surface area contributed by atoms with Crippen LogP contribution in [0.25, 0.3) is 0 Å². The van der Waals surface area contributed by atoms with Gasteiger partial charge in [-0.15, -0.1) is 11.6 Å². The molecule has 88 valence electrons. The summed E-state index contributed by atoms with van der Waals surface area (Å²) in [5, 5.41) is 2.88. The molecule has 4 heteroatoms. The van der Waals surface area contributed by atoms with E-state index < -0.39 is 5.60 Å². The Balaban J connectivity index is 2.36. The van der Waals surface area contributed by atoms with Crippen LogP contribution in [0.1, 0.15) is 46.5 Å². The van der Waals surface area contributed by atoms with E-state index in [1.54, 1.807) is 0 Å². The molecule has 1 aliphatic rings. The van der Waals surface area contributed by atoms with E-state index in [9.17, 15) is 4.79 Å². The third-order valence-corrected chi connectivity index (χ3v) is 2.91. The minimum Gasteiger partial charge on any atom is -0.444 e. The van der Waals surface area contributed by atoms with Crippen molar-refractivity contribution in [3.8, 4) is 0 Å². The van der Waals surface area contributed by atoms with Crippen LogP contribution in [-0.2, 0) is 4.74 Å². The summed E-state index contributed by atoms with van der Waals surface area (Å²) in [6.45, 7) is 5.56. The van der Waals surface area contributed by atoms with E-state index in [1.165, 1.54) is 0 Å². The molecule has 0 bridgehead atoms. The molecule has 1 aliphatic carbocycles. The van der Waals surface area contributed by atoms with Gasteiger partial charge < -0.3 is 10.1 Å². The maximum atomic E-state index is 11.5. The summed E-state index contributed by atoms with van der Waals surface area (Å²) in [6, 6.07) is 0.0651. The Hall–Kier alpha value is -0.440. The minimum atomic E-state index is -0.444. The standard InChI is InChI=1S/C11H20ClNO2/c1-11(2,3)15-10(14)13-9-7-5-4-6-8(9)12/h8-9H,4-7H2,1-3H3,(H,13,14)/t8-,9-/m1/s1. The van der Waals surface area contributed by atoms with Crippen molar-refractivity contribution in [3.05, 3.63) is 0 Å². The van der Waals surface area contributed by atoms with Crippen LogP contribution < -0.4 is 5.32 Å². The van der Waals surface area contributed by atoms with Crippen LogP contribution in [0.2, 0.25) is 0 Å². The number of halogens is 1. The van der Waals surface area contributed by atoms with Crippen molar-refractivity contribution < 1.29 is 9.53 Å². The number of hydrogen-bond donors (Lipinski definition) is 1. The average molecular weight is 234 g/mol. The molecule has 1 amide bonds. The van der Waals surface area contributed by atoms with Gasteiger partial charge in [0.05, 0.1) is 5.38 Å². The van der Waals surface area contributed by atoms with Crippen molar-refractivity contribution in [3.63, 3.8) is 0 Å². The lowest BCUT2D eigenvalue weighted by atomic mass is 9.95. The van der Waals surface area contributed by atoms with E-state index >= 15 is 0 Å². The fraction of sp³-hybridized carbons (Fsp3) is 0.909. The number of hydrogen-bond acceptors (Lipinski definition) is 2. The predicted molar refractivity (Wildman–Crippen MR) is 61.3 cm³/mol. The van der Waals surface area contributed by atoms with E-state index in [2.05, 4.69) is 5.32 Å². The van der Waals surface area contributed by atoms with Crippen LogP contribution in [0, 0.1) is 0 Å². The molecule has 0 saturated heterocycles. The van der Waals surface area contributed by atoms with Crippen molar-refractivity contribution in [2.45, 2.75) is 63.5 Å². The summed E-state index contributed by atoms with van der Waals surface area (Å²) in [5.41, 5.74) is -0.444. The maximum absolute atomic E-state index is 11.5. The van der Waals surface area contributed by atoms with Crippen LogP contribution in [0.3, 0.4) is 0 Å². The lowest BCUT2D eigenvalue weighted by molar-refractivity contribution is 0.0494. The quantitative estimate of drug-likeness (QED) is 0.707. The zero-order valence-electron chi connectivity index (χ0n) is 9.68. The summed E-state index contributed by atoms with van der Waals surface area (Å²) < 4.78 is 5.18. The normalized spacial score (nSPS) is 27.2. The highest BCUT2D eigenvalue weighted by Crippen LogP contribution is 2.23. The van der Waals surface area contributed by atoms with Gasteiger partial charge in [-0.05, 0) is 33.6 Å². The van der Waals surface area contributed by atoms with Crippen molar-refractivity contribution in [2.75, 3.05) is 0 Å². The third kappa shape index (κ3) is 4.74. The topological polar surface area (TPSA) is 38.3 Å². The van der Waals surface area contributed by atoms with Gasteiger partial charge in [0.25, 0.3) is 0 Å². The first kappa shape index (κ1) is 12.6. The molecular weight excluding hydrogens is 214 g/mol. The Labute approximate surface area is 96.5 Å². The van der Waals surface area contributed by atoms with E-state index in [0.29, 0.717) is 0 Å². The summed E-state index contributed by atoms with van der Waals surface area (Å²) in [6.07, 6.45) is 3.85. The maximum Gasteiger partial charge on any atom is 0.407 e. The van der Waals surface area contributed by atoms with Crippen molar-refractivity contribution in [1.82, 2.24) is 5.32 Å². The molecule has 0 aromatic carbocycles. The average Bonchev–Trinajstić information content (AvgIpc) is 2.05. The Kier molecular flexibility index (Phi) is 4.26. The number of nitrogens with one attached hydrogen (secondary N) is 1. The van der Waals surface area contributed by atoms with E-state index in [1.807, 2.05) is 20.8 Å². The molecule has 15 heavy (non-hydrogen) atoms. The molecule has 0 aromatic rings. The monoisotopic (exact) mass is 233 g/mol. The molecule has 1 fully saturated rings. The molecule has 0 radical (unpaired) electrons. The van der Waals surface area contributed by atoms with Gasteiger partial charge in [0.1, 0.15) is 5.60 Å². The summed E-state index contributed by atoms with van der Waals surface area (Å²) in [5.74, 6) is 0. The summed E-state index contributed by atoms with van der Waals surface area (Å²) in [4.78, 5) is 11.5. The van der Waals surface area contributed by atoms with Gasteiger partial charge in [0.2, 0.25) is 0 Å². The zero-order valence-corrected chi connectivity index (χ0v) is 10.4. The fourth-order valence-corrected chi connectivity index (χ4v) is 2.05. The van der Waals surface area contributed by atoms with Crippen LogP contribution in [-0.4, -0.2) is 23.1 Å². The molecule has 0 aromatic heterocycles. The Morgan fingerprint density at radius 1 is 1.33 bits per heavy atom. The lowest BCUT2D eigenvalue weighted by Crippen LogP contribution is -2.45. The van der Waals surface area contributed by atoms with Gasteiger partial charge in [-0.3, -0.25) is 0 Å². The van der Waals surface area contributed by atoms with E-state index in [0.717, 1.165) is 25.7 Å². The van der Waals surface area contributed by atoms with Gasteiger partial charge in [-0.2, -0.15) is 0 Å². The first-order valence-corrected chi connectivity index (χ1v) is 5.96. The largest absolute Gasteiger partial charge is 0.444 e. The number of carbonyl (C=O) groups is 1. The number of rotatable bonds is 1. The highest BCUT2D eigenvalue weighted by atomic mass is 35.5. The lowest BCUT2D eigenvalue weighted by Gasteiger charge is -2.29. The van der Waals surface area contributed by atoms with E-state index in [-0.39, 0.29) is 17.5 Å². The zero-order chi connectivity index (χ0) is 11.5. The van der Waals surface area contributed by atoms with Crippen LogP contribution >= 0.6 is 11.6 Å². The summed E-state index contributed by atoms with van der Waals surface area (Å²) >= 11 is 6.13. The van der Waals surface area contributed by atoms with Crippen LogP contribution in [0.15, 0.2) is 0 Å². The Bertz CT molecular complexity index is 225. The Morgan fingerprint density at radius 2 is 1.93 bits per heavy atom. The van der Waals surface area contributed by atoms with Crippen molar-refractivity contribution in [1.29, 1.82) is 0 Å². The minimum absolute atomic E-state index is 0.0475. The van der Waals surface area contributed by atoms with Gasteiger partial charge in [0.15, 0.2) is 0 Å². The molecular formula is C11H20ClNO2. The van der Waals surface area contributed by atoms with Crippen LogP contribution in [0.5, 0.6) is 0 Å². The first-order valence-electron chi connectivity index (χ1n) is 5.52. The summed E-state index contributed by atoms with van der Waals surface area (Å²) in [7, 11) is 0. The highest BCUT2D eigenvalue weighted by Gasteiger charge is 2.26. The van der Waals surface area contributed by atoms with Gasteiger partial charge >= 0.3 is 6.09 Å². The SMILES string of the molecule is CC(C)(C)OC(=O)N[C@@H]1CCCC[C@H]1Cl. The second-order valence-electron chi connectivity index (χ2n) is 5.05. The number of alkyl halides is 1. The molecule has 0 spiro atoms. The van der Waals surface area contributed by atoms with Gasteiger partial charge in [0, 0.05) is 6.04 Å². The molecule has 0 aliphatic heterocycles. The number of amides is 1. The fourth-order valence-electron chi connectivity index (χ4n) is 1.71. The highest BCUT2D eigenvalue weighted by molar-refractivity contribution is 6.21. The third-order valence-electron chi connectivity index (χ3n) is 2.38. The second-order valence-corrected chi connectivity index (χ2v) is 5.61. The second kappa shape index (κ2) is 5.06. The molecule has 0 unspecified atom stereocenters. The van der Waals surface area contributed by atoms with Crippen LogP contribution in [0.4, 0.5) is 4.79 Å². The van der Waals surface area contributed by atoms with Gasteiger partial charge in [-0.1, -0.05) is 12.8 Å². The Morgan fingerprint density at radius 3 is 2.47 bits per heavy atom. The number of alkyl carbamates (subject to hydrolysis) is 1. The number of ether oxygens (including phenoxy) is 1. The molecule has 1 saturated carbocycles. The molecule has 2 atom stereocenters. The number of carbonyl (C=O) groups excluding carboxylic acids is 1. The first-order chi connectivity index (χ1) is 6.88. The molecule has 3 nitrogen and oxygen atoms in total. The predicted octanol–water partition coefficient (Wildman–Crippen LogP) is 3.06. The molecule has 1 rings (SSSR count). The van der Waals surface area contributed by atoms with Crippen molar-refractivity contribution in [2.24, 2.45) is 0 Å². The molecule has 0 heterocycles. The van der Waals surface area contributed by atoms with E-state index in [4.69, 9.17) is 16.3 Å². The smallest absolute Gasteiger partial charge is 0.407 e. The molecule has 1 N–H and O–H groups in total. The van der Waals surface area contributed by atoms with Gasteiger partial charge in [-0.25, -0.2) is 4.79 Å².